The molecule has 0 amide bonds. The molecule has 22 heavy (non-hydrogen) atoms. The van der Waals surface area contributed by atoms with Gasteiger partial charge in [-0.2, -0.15) is 8.42 Å². The molecule has 0 saturated heterocycles. The molecule has 0 atom stereocenters. The Balaban J connectivity index is 2.20. The van der Waals surface area contributed by atoms with Crippen LogP contribution in [0.15, 0.2) is 47.4 Å². The highest BCUT2D eigenvalue weighted by Gasteiger charge is 2.19. The maximum Gasteiger partial charge on any atom is 0.339 e. The Morgan fingerprint density at radius 3 is 2.41 bits per heavy atom. The van der Waals surface area contributed by atoms with Gasteiger partial charge in [0.2, 0.25) is 0 Å². The molecule has 0 spiro atoms. The lowest BCUT2D eigenvalue weighted by Gasteiger charge is -2.10. The fourth-order valence-corrected chi connectivity index (χ4v) is 3.37. The molecule has 0 aromatic heterocycles. The van der Waals surface area contributed by atoms with E-state index >= 15 is 0 Å². The Kier molecular flexibility index (Phi) is 5.45. The maximum absolute atomic E-state index is 12.3. The summed E-state index contributed by atoms with van der Waals surface area (Å²) in [4.78, 5) is 0.0726. The molecule has 0 fully saturated rings. The average molecular weight is 341 g/mol. The Labute approximate surface area is 135 Å². The lowest BCUT2D eigenvalue weighted by Crippen LogP contribution is -2.11. The van der Waals surface area contributed by atoms with Crippen molar-refractivity contribution in [1.29, 1.82) is 0 Å². The summed E-state index contributed by atoms with van der Waals surface area (Å²) >= 11 is 5.86. The first-order chi connectivity index (χ1) is 10.4. The molecular formula is C16H17ClO4S. The zero-order valence-electron chi connectivity index (χ0n) is 12.4. The van der Waals surface area contributed by atoms with Crippen LogP contribution >= 0.6 is 11.6 Å². The summed E-state index contributed by atoms with van der Waals surface area (Å²) in [6.45, 7) is 2.31. The summed E-state index contributed by atoms with van der Waals surface area (Å²) in [5.41, 5.74) is 1.63. The lowest BCUT2D eigenvalue weighted by molar-refractivity contribution is 0.202. The Bertz CT molecular complexity index is 739. The monoisotopic (exact) mass is 340 g/mol. The van der Waals surface area contributed by atoms with E-state index in [9.17, 15) is 8.42 Å². The van der Waals surface area contributed by atoms with Crippen LogP contribution in [0.3, 0.4) is 0 Å². The quantitative estimate of drug-likeness (QED) is 0.754. The number of aryl methyl sites for hydroxylation is 1. The maximum atomic E-state index is 12.3. The van der Waals surface area contributed by atoms with E-state index < -0.39 is 10.1 Å². The largest absolute Gasteiger partial charge is 0.384 e. The van der Waals surface area contributed by atoms with Crippen molar-refractivity contribution >= 4 is 21.7 Å². The minimum Gasteiger partial charge on any atom is -0.384 e. The van der Waals surface area contributed by atoms with E-state index in [4.69, 9.17) is 20.5 Å². The molecule has 0 saturated carbocycles. The van der Waals surface area contributed by atoms with Crippen LogP contribution in [0.4, 0.5) is 0 Å². The summed E-state index contributed by atoms with van der Waals surface area (Å²) in [6, 6.07) is 11.6. The van der Waals surface area contributed by atoms with Gasteiger partial charge in [0.05, 0.1) is 6.61 Å². The molecular weight excluding hydrogens is 324 g/mol. The molecule has 118 valence electrons. The molecule has 0 heterocycles. The van der Waals surface area contributed by atoms with Crippen LogP contribution in [0.25, 0.3) is 0 Å². The third kappa shape index (κ3) is 4.22. The second-order valence-electron chi connectivity index (χ2n) is 4.83. The third-order valence-electron chi connectivity index (χ3n) is 3.14. The van der Waals surface area contributed by atoms with Crippen LogP contribution in [0.1, 0.15) is 11.1 Å². The Morgan fingerprint density at radius 1 is 1.09 bits per heavy atom. The summed E-state index contributed by atoms with van der Waals surface area (Å²) < 4.78 is 34.8. The zero-order chi connectivity index (χ0) is 16.2. The Morgan fingerprint density at radius 2 is 1.77 bits per heavy atom. The SMILES string of the molecule is COCCc1ccc(OS(=O)(=O)c2cc(Cl)ccc2C)cc1. The first-order valence-electron chi connectivity index (χ1n) is 6.71. The molecule has 0 N–H and O–H groups in total. The van der Waals surface area contributed by atoms with Crippen LogP contribution in [-0.2, 0) is 21.3 Å². The van der Waals surface area contributed by atoms with Gasteiger partial charge in [0, 0.05) is 12.1 Å². The predicted octanol–water partition coefficient (Wildman–Crippen LogP) is 3.61. The van der Waals surface area contributed by atoms with Gasteiger partial charge in [0.15, 0.2) is 0 Å². The van der Waals surface area contributed by atoms with Gasteiger partial charge in [0.1, 0.15) is 10.6 Å². The molecule has 4 nitrogen and oxygen atoms in total. The molecule has 2 aromatic carbocycles. The van der Waals surface area contributed by atoms with E-state index in [0.717, 1.165) is 12.0 Å². The average Bonchev–Trinajstić information content (AvgIpc) is 2.48. The molecule has 0 aliphatic rings. The van der Waals surface area contributed by atoms with E-state index in [2.05, 4.69) is 0 Å². The second-order valence-corrected chi connectivity index (χ2v) is 6.79. The van der Waals surface area contributed by atoms with Crippen LogP contribution in [0, 0.1) is 6.92 Å². The lowest BCUT2D eigenvalue weighted by atomic mass is 10.1. The smallest absolute Gasteiger partial charge is 0.339 e. The van der Waals surface area contributed by atoms with Gasteiger partial charge in [0.25, 0.3) is 0 Å². The predicted molar refractivity (Wildman–Crippen MR) is 86.0 cm³/mol. The molecule has 2 aromatic rings. The number of benzene rings is 2. The first kappa shape index (κ1) is 16.8. The van der Waals surface area contributed by atoms with E-state index in [1.807, 2.05) is 12.1 Å². The molecule has 0 aliphatic carbocycles. The van der Waals surface area contributed by atoms with Crippen molar-refractivity contribution in [3.05, 3.63) is 58.6 Å². The summed E-state index contributed by atoms with van der Waals surface area (Å²) in [6.07, 6.45) is 0.761. The minimum absolute atomic E-state index is 0.0726. The highest BCUT2D eigenvalue weighted by Crippen LogP contribution is 2.24. The van der Waals surface area contributed by atoms with Crippen molar-refractivity contribution in [2.75, 3.05) is 13.7 Å². The van der Waals surface area contributed by atoms with Gasteiger partial charge in [-0.25, -0.2) is 0 Å². The Hall–Kier alpha value is -1.56. The normalized spacial score (nSPS) is 11.4. The molecule has 0 unspecified atom stereocenters. The fourth-order valence-electron chi connectivity index (χ4n) is 1.95. The molecule has 0 radical (unpaired) electrons. The number of ether oxygens (including phenoxy) is 1. The van der Waals surface area contributed by atoms with E-state index in [1.54, 1.807) is 38.3 Å². The van der Waals surface area contributed by atoms with Crippen LogP contribution < -0.4 is 4.18 Å². The van der Waals surface area contributed by atoms with Gasteiger partial charge in [-0.05, 0) is 48.7 Å². The topological polar surface area (TPSA) is 52.6 Å². The fraction of sp³-hybridized carbons (Fsp3) is 0.250. The van der Waals surface area contributed by atoms with Crippen molar-refractivity contribution in [2.45, 2.75) is 18.2 Å². The van der Waals surface area contributed by atoms with Crippen molar-refractivity contribution in [3.8, 4) is 5.75 Å². The number of rotatable bonds is 6. The van der Waals surface area contributed by atoms with Gasteiger partial charge in [-0.3, -0.25) is 0 Å². The van der Waals surface area contributed by atoms with Crippen molar-refractivity contribution in [3.63, 3.8) is 0 Å². The summed E-state index contributed by atoms with van der Waals surface area (Å²) in [5, 5.41) is 0.350. The highest BCUT2D eigenvalue weighted by molar-refractivity contribution is 7.87. The van der Waals surface area contributed by atoms with E-state index in [1.165, 1.54) is 6.07 Å². The standard InChI is InChI=1S/C16H17ClO4S/c1-12-3-6-14(17)11-16(12)22(18,19)21-15-7-4-13(5-8-15)9-10-20-2/h3-8,11H,9-10H2,1-2H3. The molecule has 0 bridgehead atoms. The van der Waals surface area contributed by atoms with Gasteiger partial charge >= 0.3 is 10.1 Å². The number of hydrogen-bond acceptors (Lipinski definition) is 4. The summed E-state index contributed by atoms with van der Waals surface area (Å²) in [7, 11) is -2.27. The van der Waals surface area contributed by atoms with Gasteiger partial charge in [-0.1, -0.05) is 29.8 Å². The molecule has 6 heteroatoms. The zero-order valence-corrected chi connectivity index (χ0v) is 13.9. The molecule has 0 aliphatic heterocycles. The van der Waals surface area contributed by atoms with Crippen molar-refractivity contribution in [2.24, 2.45) is 0 Å². The van der Waals surface area contributed by atoms with Crippen molar-refractivity contribution < 1.29 is 17.3 Å². The van der Waals surface area contributed by atoms with Crippen LogP contribution in [-0.4, -0.2) is 22.1 Å². The third-order valence-corrected chi connectivity index (χ3v) is 4.77. The number of halogens is 1. The van der Waals surface area contributed by atoms with Gasteiger partial charge < -0.3 is 8.92 Å². The van der Waals surface area contributed by atoms with Crippen LogP contribution in [0.2, 0.25) is 5.02 Å². The van der Waals surface area contributed by atoms with E-state index in [-0.39, 0.29) is 10.6 Å². The number of hydrogen-bond donors (Lipinski definition) is 0. The minimum atomic E-state index is -3.91. The van der Waals surface area contributed by atoms with E-state index in [0.29, 0.717) is 17.2 Å². The highest BCUT2D eigenvalue weighted by atomic mass is 35.5. The molecule has 2 rings (SSSR count). The van der Waals surface area contributed by atoms with Crippen molar-refractivity contribution in [1.82, 2.24) is 0 Å². The van der Waals surface area contributed by atoms with Gasteiger partial charge in [-0.15, -0.1) is 0 Å². The second kappa shape index (κ2) is 7.13. The first-order valence-corrected chi connectivity index (χ1v) is 8.49. The van der Waals surface area contributed by atoms with Crippen LogP contribution in [0.5, 0.6) is 5.75 Å². The summed E-state index contributed by atoms with van der Waals surface area (Å²) in [5.74, 6) is 0.264. The number of methoxy groups -OCH3 is 1.